The summed E-state index contributed by atoms with van der Waals surface area (Å²) in [6, 6.07) is 0. The predicted molar refractivity (Wildman–Crippen MR) is 64.4 cm³/mol. The molecule has 0 aromatic carbocycles. The van der Waals surface area contributed by atoms with Crippen molar-refractivity contribution in [2.75, 3.05) is 24.6 Å². The Morgan fingerprint density at radius 3 is 2.50 bits per heavy atom. The van der Waals surface area contributed by atoms with E-state index in [0.29, 0.717) is 13.1 Å². The van der Waals surface area contributed by atoms with Crippen LogP contribution in [0.4, 0.5) is 5.82 Å². The van der Waals surface area contributed by atoms with Crippen LogP contribution in [0, 0.1) is 13.8 Å². The number of aryl methyl sites for hydroxylation is 1. The second-order valence-corrected chi connectivity index (χ2v) is 3.72. The van der Waals surface area contributed by atoms with Gasteiger partial charge in [-0.2, -0.15) is 5.10 Å². The number of rotatable bonds is 5. The molecule has 0 aliphatic carbocycles. The summed E-state index contributed by atoms with van der Waals surface area (Å²) in [7, 11) is 0. The van der Waals surface area contributed by atoms with Crippen LogP contribution in [0.1, 0.15) is 23.7 Å². The average Bonchev–Trinajstić information content (AvgIpc) is 2.29. The van der Waals surface area contributed by atoms with Gasteiger partial charge in [-0.25, -0.2) is 0 Å². The molecule has 0 bridgehead atoms. The lowest BCUT2D eigenvalue weighted by Gasteiger charge is -2.23. The first-order chi connectivity index (χ1) is 7.65. The first-order valence-corrected chi connectivity index (χ1v) is 5.54. The molecule has 16 heavy (non-hydrogen) atoms. The largest absolute Gasteiger partial charge is 0.395 e. The van der Waals surface area contributed by atoms with E-state index in [9.17, 15) is 0 Å². The third-order valence-corrected chi connectivity index (χ3v) is 2.82. The first kappa shape index (κ1) is 12.9. The molecule has 1 aromatic rings. The number of nitrogens with two attached hydrogens (primary N) is 1. The lowest BCUT2D eigenvalue weighted by molar-refractivity contribution is 0.302. The number of hydrogen-bond donors (Lipinski definition) is 2. The fourth-order valence-corrected chi connectivity index (χ4v) is 1.68. The third kappa shape index (κ3) is 2.48. The van der Waals surface area contributed by atoms with Crippen LogP contribution in [0.5, 0.6) is 0 Å². The minimum Gasteiger partial charge on any atom is -0.395 e. The molecule has 0 radical (unpaired) electrons. The Morgan fingerprint density at radius 1 is 1.31 bits per heavy atom. The highest BCUT2D eigenvalue weighted by molar-refractivity contribution is 5.50. The molecule has 1 heterocycles. The number of aliphatic hydroxyl groups excluding tert-OH is 1. The molecule has 0 amide bonds. The van der Waals surface area contributed by atoms with Crippen LogP contribution in [0.25, 0.3) is 0 Å². The van der Waals surface area contributed by atoms with Crippen molar-refractivity contribution >= 4 is 5.82 Å². The van der Waals surface area contributed by atoms with Crippen molar-refractivity contribution in [3.8, 4) is 0 Å². The summed E-state index contributed by atoms with van der Waals surface area (Å²) in [5.74, 6) is 0.794. The minimum atomic E-state index is 0.104. The highest BCUT2D eigenvalue weighted by Crippen LogP contribution is 2.21. The Morgan fingerprint density at radius 2 is 2.00 bits per heavy atom. The van der Waals surface area contributed by atoms with Crippen LogP contribution in [0.3, 0.4) is 0 Å². The minimum absolute atomic E-state index is 0.104. The Hall–Kier alpha value is -1.20. The van der Waals surface area contributed by atoms with Gasteiger partial charge in [-0.1, -0.05) is 0 Å². The molecule has 0 aliphatic rings. The van der Waals surface area contributed by atoms with Crippen LogP contribution < -0.4 is 10.6 Å². The molecule has 3 N–H and O–H groups in total. The Bertz CT molecular complexity index is 354. The lowest BCUT2D eigenvalue weighted by atomic mass is 10.1. The van der Waals surface area contributed by atoms with E-state index in [1.807, 2.05) is 25.7 Å². The maximum absolute atomic E-state index is 9.00. The molecule has 0 fully saturated rings. The van der Waals surface area contributed by atoms with Gasteiger partial charge >= 0.3 is 0 Å². The lowest BCUT2D eigenvalue weighted by Crippen LogP contribution is -2.29. The van der Waals surface area contributed by atoms with Gasteiger partial charge in [-0.05, 0) is 26.3 Å². The Kier molecular flexibility index (Phi) is 4.64. The molecule has 5 nitrogen and oxygen atoms in total. The summed E-state index contributed by atoms with van der Waals surface area (Å²) in [4.78, 5) is 1.99. The first-order valence-electron chi connectivity index (χ1n) is 5.54. The molecular formula is C11H20N4O. The topological polar surface area (TPSA) is 75.3 Å². The highest BCUT2D eigenvalue weighted by atomic mass is 16.3. The normalized spacial score (nSPS) is 10.6. The summed E-state index contributed by atoms with van der Waals surface area (Å²) < 4.78 is 0. The van der Waals surface area contributed by atoms with Crippen molar-refractivity contribution in [1.29, 1.82) is 0 Å². The van der Waals surface area contributed by atoms with Crippen LogP contribution in [0.15, 0.2) is 0 Å². The number of hydrogen-bond acceptors (Lipinski definition) is 5. The van der Waals surface area contributed by atoms with E-state index in [0.717, 1.165) is 29.2 Å². The Labute approximate surface area is 96.3 Å². The van der Waals surface area contributed by atoms with Crippen molar-refractivity contribution in [2.45, 2.75) is 27.3 Å². The van der Waals surface area contributed by atoms with Crippen molar-refractivity contribution in [1.82, 2.24) is 10.2 Å². The number of likely N-dealkylation sites (N-methyl/N-ethyl adjacent to an activating group) is 1. The average molecular weight is 224 g/mol. The van der Waals surface area contributed by atoms with E-state index in [1.165, 1.54) is 0 Å². The molecule has 0 saturated heterocycles. The van der Waals surface area contributed by atoms with E-state index in [4.69, 9.17) is 10.8 Å². The van der Waals surface area contributed by atoms with Crippen molar-refractivity contribution in [2.24, 2.45) is 5.73 Å². The molecule has 5 heteroatoms. The van der Waals surface area contributed by atoms with Crippen molar-refractivity contribution in [3.05, 3.63) is 16.8 Å². The maximum atomic E-state index is 9.00. The van der Waals surface area contributed by atoms with Gasteiger partial charge in [0.1, 0.15) is 0 Å². The zero-order chi connectivity index (χ0) is 12.1. The van der Waals surface area contributed by atoms with E-state index in [2.05, 4.69) is 10.2 Å². The van der Waals surface area contributed by atoms with Gasteiger partial charge in [-0.3, -0.25) is 0 Å². The second-order valence-electron chi connectivity index (χ2n) is 3.72. The van der Waals surface area contributed by atoms with Crippen LogP contribution in [-0.2, 0) is 6.54 Å². The van der Waals surface area contributed by atoms with Gasteiger partial charge in [0.15, 0.2) is 5.82 Å². The monoisotopic (exact) mass is 224 g/mol. The summed E-state index contributed by atoms with van der Waals surface area (Å²) in [5, 5.41) is 17.3. The quantitative estimate of drug-likeness (QED) is 0.756. The van der Waals surface area contributed by atoms with Gasteiger partial charge in [0, 0.05) is 25.2 Å². The number of aliphatic hydroxyl groups is 1. The second kappa shape index (κ2) is 5.77. The van der Waals surface area contributed by atoms with Gasteiger partial charge in [0.05, 0.1) is 12.3 Å². The standard InChI is InChI=1S/C11H20N4O/c1-4-15(5-6-16)11-10(7-12)8(2)9(3)13-14-11/h16H,4-7,12H2,1-3H3. The zero-order valence-electron chi connectivity index (χ0n) is 10.2. The predicted octanol–water partition coefficient (Wildman–Crippen LogP) is 0.371. The van der Waals surface area contributed by atoms with Gasteiger partial charge in [0.25, 0.3) is 0 Å². The van der Waals surface area contributed by atoms with Gasteiger partial charge in [0.2, 0.25) is 0 Å². The molecule has 90 valence electrons. The number of aromatic nitrogens is 2. The Balaban J connectivity index is 3.16. The van der Waals surface area contributed by atoms with E-state index in [-0.39, 0.29) is 6.61 Å². The van der Waals surface area contributed by atoms with Crippen molar-refractivity contribution in [3.63, 3.8) is 0 Å². The molecule has 0 atom stereocenters. The number of nitrogens with zero attached hydrogens (tertiary/aromatic N) is 3. The van der Waals surface area contributed by atoms with Gasteiger partial charge in [-0.15, -0.1) is 5.10 Å². The van der Waals surface area contributed by atoms with Crippen molar-refractivity contribution < 1.29 is 5.11 Å². The number of anilines is 1. The third-order valence-electron chi connectivity index (χ3n) is 2.82. The van der Waals surface area contributed by atoms with Crippen LogP contribution >= 0.6 is 0 Å². The molecule has 0 aliphatic heterocycles. The summed E-state index contributed by atoms with van der Waals surface area (Å²) >= 11 is 0. The van der Waals surface area contributed by atoms with Crippen LogP contribution in [0.2, 0.25) is 0 Å². The fraction of sp³-hybridized carbons (Fsp3) is 0.636. The van der Waals surface area contributed by atoms with Crippen LogP contribution in [-0.4, -0.2) is 35.0 Å². The zero-order valence-corrected chi connectivity index (χ0v) is 10.2. The molecule has 0 unspecified atom stereocenters. The summed E-state index contributed by atoms with van der Waals surface area (Å²) in [5.41, 5.74) is 8.76. The molecular weight excluding hydrogens is 204 g/mol. The molecule has 1 aromatic heterocycles. The van der Waals surface area contributed by atoms with E-state index >= 15 is 0 Å². The molecule has 1 rings (SSSR count). The molecule has 0 saturated carbocycles. The summed E-state index contributed by atoms with van der Waals surface area (Å²) in [6.07, 6.45) is 0. The van der Waals surface area contributed by atoms with E-state index < -0.39 is 0 Å². The highest BCUT2D eigenvalue weighted by Gasteiger charge is 2.14. The fourth-order valence-electron chi connectivity index (χ4n) is 1.68. The maximum Gasteiger partial charge on any atom is 0.156 e. The van der Waals surface area contributed by atoms with E-state index in [1.54, 1.807) is 0 Å². The summed E-state index contributed by atoms with van der Waals surface area (Å²) in [6.45, 7) is 7.83. The smallest absolute Gasteiger partial charge is 0.156 e. The molecule has 0 spiro atoms. The SMILES string of the molecule is CCN(CCO)c1nnc(C)c(C)c1CN. The van der Waals surface area contributed by atoms with Gasteiger partial charge < -0.3 is 15.7 Å².